The molecule has 0 aliphatic heterocycles. The van der Waals surface area contributed by atoms with E-state index < -0.39 is 0 Å². The molecule has 1 saturated carbocycles. The van der Waals surface area contributed by atoms with E-state index in [1.165, 1.54) is 57.9 Å². The molecule has 0 spiro atoms. The van der Waals surface area contributed by atoms with E-state index in [9.17, 15) is 0 Å². The van der Waals surface area contributed by atoms with E-state index in [4.69, 9.17) is 5.73 Å². The summed E-state index contributed by atoms with van der Waals surface area (Å²) in [5.74, 6) is 1.02. The molecule has 1 aliphatic carbocycles. The van der Waals surface area contributed by atoms with Crippen LogP contribution in [0, 0.1) is 5.92 Å². The van der Waals surface area contributed by atoms with E-state index in [0.717, 1.165) is 32.1 Å². The lowest BCUT2D eigenvalue weighted by atomic mass is 9.95. The van der Waals surface area contributed by atoms with Crippen LogP contribution in [0.3, 0.4) is 0 Å². The molecular weight excluding hydrogens is 210 g/mol. The van der Waals surface area contributed by atoms with Crippen molar-refractivity contribution in [1.82, 2.24) is 10.6 Å². The van der Waals surface area contributed by atoms with Crippen molar-refractivity contribution in [3.8, 4) is 0 Å². The van der Waals surface area contributed by atoms with Crippen LogP contribution >= 0.6 is 0 Å². The summed E-state index contributed by atoms with van der Waals surface area (Å²) in [7, 11) is 0. The summed E-state index contributed by atoms with van der Waals surface area (Å²) < 4.78 is 0. The lowest BCUT2D eigenvalue weighted by Crippen LogP contribution is -2.31. The zero-order valence-electron chi connectivity index (χ0n) is 11.3. The Kier molecular flexibility index (Phi) is 9.66. The summed E-state index contributed by atoms with van der Waals surface area (Å²) in [6.45, 7) is 4.97. The SMILES string of the molecule is NCCNCCNCCCC1CCCCCC1. The van der Waals surface area contributed by atoms with Gasteiger partial charge in [-0.25, -0.2) is 0 Å². The maximum Gasteiger partial charge on any atom is 0.00772 e. The van der Waals surface area contributed by atoms with Gasteiger partial charge in [-0.15, -0.1) is 0 Å². The van der Waals surface area contributed by atoms with E-state index in [-0.39, 0.29) is 0 Å². The van der Waals surface area contributed by atoms with Crippen LogP contribution in [0.25, 0.3) is 0 Å². The predicted molar refractivity (Wildman–Crippen MR) is 75.2 cm³/mol. The van der Waals surface area contributed by atoms with Crippen molar-refractivity contribution < 1.29 is 0 Å². The first-order valence-corrected chi connectivity index (χ1v) is 7.55. The smallest absolute Gasteiger partial charge is 0.00772 e. The van der Waals surface area contributed by atoms with Crippen LogP contribution in [0.15, 0.2) is 0 Å². The Bertz CT molecular complexity index is 154. The van der Waals surface area contributed by atoms with Crippen LogP contribution in [0.1, 0.15) is 51.4 Å². The first-order chi connectivity index (χ1) is 8.43. The van der Waals surface area contributed by atoms with Crippen LogP contribution in [-0.4, -0.2) is 32.7 Å². The third-order valence-electron chi connectivity index (χ3n) is 3.74. The Morgan fingerprint density at radius 3 is 2.12 bits per heavy atom. The lowest BCUT2D eigenvalue weighted by Gasteiger charge is -2.13. The number of hydrogen-bond acceptors (Lipinski definition) is 3. The molecule has 0 aromatic rings. The minimum atomic E-state index is 0.738. The van der Waals surface area contributed by atoms with Gasteiger partial charge in [0.05, 0.1) is 0 Å². The highest BCUT2D eigenvalue weighted by atomic mass is 14.9. The van der Waals surface area contributed by atoms with Crippen LogP contribution in [0.2, 0.25) is 0 Å². The number of nitrogens with two attached hydrogens (primary N) is 1. The summed E-state index contributed by atoms with van der Waals surface area (Å²) in [5, 5.41) is 6.79. The zero-order chi connectivity index (χ0) is 12.2. The minimum Gasteiger partial charge on any atom is -0.329 e. The maximum atomic E-state index is 5.40. The van der Waals surface area contributed by atoms with Gasteiger partial charge in [-0.2, -0.15) is 0 Å². The Labute approximate surface area is 107 Å². The van der Waals surface area contributed by atoms with E-state index in [1.54, 1.807) is 0 Å². The average molecular weight is 241 g/mol. The minimum absolute atomic E-state index is 0.738. The molecule has 17 heavy (non-hydrogen) atoms. The fourth-order valence-corrected chi connectivity index (χ4v) is 2.70. The Balaban J connectivity index is 1.82. The fraction of sp³-hybridized carbons (Fsp3) is 1.00. The van der Waals surface area contributed by atoms with Crippen molar-refractivity contribution in [1.29, 1.82) is 0 Å². The highest BCUT2D eigenvalue weighted by molar-refractivity contribution is 4.65. The molecule has 3 nitrogen and oxygen atoms in total. The molecule has 0 radical (unpaired) electrons. The summed E-state index contributed by atoms with van der Waals surface area (Å²) in [4.78, 5) is 0. The van der Waals surface area contributed by atoms with E-state index in [0.29, 0.717) is 0 Å². The first kappa shape index (κ1) is 14.9. The molecule has 1 aliphatic rings. The third kappa shape index (κ3) is 8.58. The second kappa shape index (κ2) is 11.0. The van der Waals surface area contributed by atoms with Gasteiger partial charge in [0.15, 0.2) is 0 Å². The molecule has 0 heterocycles. The van der Waals surface area contributed by atoms with Crippen LogP contribution in [0.5, 0.6) is 0 Å². The summed E-state index contributed by atoms with van der Waals surface area (Å²) >= 11 is 0. The average Bonchev–Trinajstić information content (AvgIpc) is 2.61. The quantitative estimate of drug-likeness (QED) is 0.427. The molecule has 0 atom stereocenters. The number of hydrogen-bond donors (Lipinski definition) is 3. The molecular formula is C14H31N3. The van der Waals surface area contributed by atoms with Crippen molar-refractivity contribution in [2.75, 3.05) is 32.7 Å². The second-order valence-electron chi connectivity index (χ2n) is 5.29. The fourth-order valence-electron chi connectivity index (χ4n) is 2.70. The Morgan fingerprint density at radius 1 is 0.824 bits per heavy atom. The van der Waals surface area contributed by atoms with Gasteiger partial charge in [0.25, 0.3) is 0 Å². The van der Waals surface area contributed by atoms with E-state index in [2.05, 4.69) is 10.6 Å². The van der Waals surface area contributed by atoms with Crippen molar-refractivity contribution >= 4 is 0 Å². The molecule has 102 valence electrons. The van der Waals surface area contributed by atoms with Crippen LogP contribution in [-0.2, 0) is 0 Å². The monoisotopic (exact) mass is 241 g/mol. The van der Waals surface area contributed by atoms with Gasteiger partial charge >= 0.3 is 0 Å². The van der Waals surface area contributed by atoms with Crippen molar-refractivity contribution in [2.45, 2.75) is 51.4 Å². The molecule has 0 amide bonds. The van der Waals surface area contributed by atoms with E-state index >= 15 is 0 Å². The first-order valence-electron chi connectivity index (χ1n) is 7.55. The topological polar surface area (TPSA) is 50.1 Å². The predicted octanol–water partition coefficient (Wildman–Crippen LogP) is 1.87. The summed E-state index contributed by atoms with van der Waals surface area (Å²) in [6.07, 6.45) is 11.6. The van der Waals surface area contributed by atoms with Gasteiger partial charge in [0, 0.05) is 26.2 Å². The molecule has 0 bridgehead atoms. The molecule has 4 N–H and O–H groups in total. The maximum absolute atomic E-state index is 5.40. The van der Waals surface area contributed by atoms with Crippen molar-refractivity contribution in [3.63, 3.8) is 0 Å². The van der Waals surface area contributed by atoms with Gasteiger partial charge in [0.1, 0.15) is 0 Å². The van der Waals surface area contributed by atoms with E-state index in [1.807, 2.05) is 0 Å². The Hall–Kier alpha value is -0.120. The molecule has 0 saturated heterocycles. The molecule has 0 aromatic heterocycles. The second-order valence-corrected chi connectivity index (χ2v) is 5.29. The largest absolute Gasteiger partial charge is 0.329 e. The van der Waals surface area contributed by atoms with Crippen LogP contribution in [0.4, 0.5) is 0 Å². The standard InChI is InChI=1S/C14H31N3/c15-9-11-17-13-12-16-10-5-8-14-6-3-1-2-4-7-14/h14,16-17H,1-13,15H2. The van der Waals surface area contributed by atoms with Crippen molar-refractivity contribution in [3.05, 3.63) is 0 Å². The summed E-state index contributed by atoms with van der Waals surface area (Å²) in [5.41, 5.74) is 5.40. The highest BCUT2D eigenvalue weighted by Crippen LogP contribution is 2.25. The van der Waals surface area contributed by atoms with Gasteiger partial charge in [0.2, 0.25) is 0 Å². The third-order valence-corrected chi connectivity index (χ3v) is 3.74. The molecule has 1 fully saturated rings. The number of nitrogens with one attached hydrogen (secondary N) is 2. The highest BCUT2D eigenvalue weighted by Gasteiger charge is 2.11. The van der Waals surface area contributed by atoms with Crippen molar-refractivity contribution in [2.24, 2.45) is 11.7 Å². The summed E-state index contributed by atoms with van der Waals surface area (Å²) in [6, 6.07) is 0. The van der Waals surface area contributed by atoms with Gasteiger partial charge in [-0.05, 0) is 25.3 Å². The molecule has 0 aromatic carbocycles. The van der Waals surface area contributed by atoms with Gasteiger partial charge < -0.3 is 16.4 Å². The molecule has 3 heteroatoms. The van der Waals surface area contributed by atoms with Gasteiger partial charge in [-0.1, -0.05) is 38.5 Å². The normalized spacial score (nSPS) is 18.2. The Morgan fingerprint density at radius 2 is 1.47 bits per heavy atom. The number of rotatable bonds is 9. The van der Waals surface area contributed by atoms with Crippen LogP contribution < -0.4 is 16.4 Å². The lowest BCUT2D eigenvalue weighted by molar-refractivity contribution is 0.409. The molecule has 1 rings (SSSR count). The van der Waals surface area contributed by atoms with Gasteiger partial charge in [-0.3, -0.25) is 0 Å². The molecule has 0 unspecified atom stereocenters. The zero-order valence-corrected chi connectivity index (χ0v) is 11.3.